The molecule has 0 saturated heterocycles. The Kier molecular flexibility index (Phi) is 3.79. The Morgan fingerprint density at radius 2 is 2.29 bits per heavy atom. The van der Waals surface area contributed by atoms with Crippen LogP contribution in [-0.4, -0.2) is 23.0 Å². The fourth-order valence-corrected chi connectivity index (χ4v) is 2.85. The van der Waals surface area contributed by atoms with Crippen molar-refractivity contribution in [3.8, 4) is 5.75 Å². The van der Waals surface area contributed by atoms with Gasteiger partial charge in [-0.3, -0.25) is 9.78 Å². The van der Waals surface area contributed by atoms with Crippen molar-refractivity contribution < 1.29 is 9.53 Å². The highest BCUT2D eigenvalue weighted by atomic mass is 32.1. The average molecular weight is 299 g/mol. The number of anilines is 1. The zero-order valence-corrected chi connectivity index (χ0v) is 12.2. The van der Waals surface area contributed by atoms with Crippen LogP contribution in [0.2, 0.25) is 0 Å². The van der Waals surface area contributed by atoms with Crippen molar-refractivity contribution >= 4 is 32.6 Å². The third-order valence-electron chi connectivity index (χ3n) is 2.93. The molecule has 0 unspecified atom stereocenters. The molecule has 1 amide bonds. The van der Waals surface area contributed by atoms with E-state index in [0.29, 0.717) is 5.13 Å². The fraction of sp³-hybridized carbons (Fsp3) is 0.133. The lowest BCUT2D eigenvalue weighted by Crippen LogP contribution is -2.14. The predicted molar refractivity (Wildman–Crippen MR) is 82.7 cm³/mol. The van der Waals surface area contributed by atoms with Crippen molar-refractivity contribution in [2.24, 2.45) is 0 Å². The number of hydrogen-bond donors (Lipinski definition) is 1. The first kappa shape index (κ1) is 13.5. The van der Waals surface area contributed by atoms with Crippen molar-refractivity contribution in [2.75, 3.05) is 12.4 Å². The number of ether oxygens (including phenoxy) is 1. The van der Waals surface area contributed by atoms with E-state index in [2.05, 4.69) is 15.3 Å². The van der Waals surface area contributed by atoms with Gasteiger partial charge in [0.2, 0.25) is 5.91 Å². The minimum absolute atomic E-state index is 0.103. The normalized spacial score (nSPS) is 10.5. The molecule has 1 N–H and O–H groups in total. The highest BCUT2D eigenvalue weighted by Gasteiger charge is 2.09. The number of nitrogens with zero attached hydrogens (tertiary/aromatic N) is 2. The molecule has 21 heavy (non-hydrogen) atoms. The summed E-state index contributed by atoms with van der Waals surface area (Å²) in [6, 6.07) is 9.32. The fourth-order valence-electron chi connectivity index (χ4n) is 1.94. The van der Waals surface area contributed by atoms with Gasteiger partial charge in [-0.1, -0.05) is 17.4 Å². The highest BCUT2D eigenvalue weighted by molar-refractivity contribution is 7.22. The molecule has 0 saturated carbocycles. The number of amides is 1. The number of thiazole rings is 1. The minimum Gasteiger partial charge on any atom is -0.497 e. The van der Waals surface area contributed by atoms with Gasteiger partial charge in [0, 0.05) is 12.4 Å². The molecule has 3 aromatic rings. The standard InChI is InChI=1S/C15H13N3O2S/c1-20-11-4-5-12-13(8-11)21-15(17-12)18-14(19)7-10-3-2-6-16-9-10/h2-6,8-9H,7H2,1H3,(H,17,18,19). The maximum atomic E-state index is 12.0. The Morgan fingerprint density at radius 3 is 3.05 bits per heavy atom. The third-order valence-corrected chi connectivity index (χ3v) is 3.86. The van der Waals surface area contributed by atoms with Crippen LogP contribution in [0.15, 0.2) is 42.7 Å². The second kappa shape index (κ2) is 5.88. The van der Waals surface area contributed by atoms with Crippen molar-refractivity contribution in [3.05, 3.63) is 48.3 Å². The molecule has 0 radical (unpaired) electrons. The Labute approximate surface area is 125 Å². The maximum absolute atomic E-state index is 12.0. The Bertz CT molecular complexity index is 771. The van der Waals surface area contributed by atoms with Gasteiger partial charge in [-0.25, -0.2) is 4.98 Å². The Morgan fingerprint density at radius 1 is 1.38 bits per heavy atom. The van der Waals surface area contributed by atoms with E-state index in [1.807, 2.05) is 30.3 Å². The van der Waals surface area contributed by atoms with Gasteiger partial charge >= 0.3 is 0 Å². The Balaban J connectivity index is 1.74. The number of hydrogen-bond acceptors (Lipinski definition) is 5. The number of carbonyl (C=O) groups is 1. The number of fused-ring (bicyclic) bond motifs is 1. The van der Waals surface area contributed by atoms with Crippen LogP contribution >= 0.6 is 11.3 Å². The second-order valence-corrected chi connectivity index (χ2v) is 5.47. The van der Waals surface area contributed by atoms with E-state index in [1.54, 1.807) is 19.5 Å². The molecule has 0 aliphatic carbocycles. The minimum atomic E-state index is -0.103. The first-order valence-corrected chi connectivity index (χ1v) is 7.19. The predicted octanol–water partition coefficient (Wildman–Crippen LogP) is 2.88. The molecule has 2 aromatic heterocycles. The molecule has 3 rings (SSSR count). The SMILES string of the molecule is COc1ccc2nc(NC(=O)Cc3cccnc3)sc2c1. The lowest BCUT2D eigenvalue weighted by molar-refractivity contribution is -0.115. The Hall–Kier alpha value is -2.47. The van der Waals surface area contributed by atoms with Crippen molar-refractivity contribution in [3.63, 3.8) is 0 Å². The van der Waals surface area contributed by atoms with Crippen LogP contribution < -0.4 is 10.1 Å². The number of rotatable bonds is 4. The van der Waals surface area contributed by atoms with Crippen LogP contribution in [0, 0.1) is 0 Å². The third kappa shape index (κ3) is 3.17. The number of carbonyl (C=O) groups excluding carboxylic acids is 1. The van der Waals surface area contributed by atoms with Crippen LogP contribution in [0.3, 0.4) is 0 Å². The highest BCUT2D eigenvalue weighted by Crippen LogP contribution is 2.29. The lowest BCUT2D eigenvalue weighted by atomic mass is 10.2. The summed E-state index contributed by atoms with van der Waals surface area (Å²) < 4.78 is 6.15. The largest absolute Gasteiger partial charge is 0.497 e. The summed E-state index contributed by atoms with van der Waals surface area (Å²) in [5.41, 5.74) is 1.72. The van der Waals surface area contributed by atoms with Gasteiger partial charge in [0.15, 0.2) is 5.13 Å². The molecule has 0 atom stereocenters. The summed E-state index contributed by atoms with van der Waals surface area (Å²) >= 11 is 1.43. The van der Waals surface area contributed by atoms with Crippen molar-refractivity contribution in [1.29, 1.82) is 0 Å². The number of benzene rings is 1. The van der Waals surface area contributed by atoms with Crippen LogP contribution in [0.1, 0.15) is 5.56 Å². The van der Waals surface area contributed by atoms with E-state index in [4.69, 9.17) is 4.74 Å². The molecule has 1 aromatic carbocycles. The van der Waals surface area contributed by atoms with E-state index in [9.17, 15) is 4.79 Å². The van der Waals surface area contributed by atoms with Gasteiger partial charge in [-0.2, -0.15) is 0 Å². The molecule has 106 valence electrons. The molecule has 0 aliphatic rings. The summed E-state index contributed by atoms with van der Waals surface area (Å²) in [5, 5.41) is 3.41. The van der Waals surface area contributed by atoms with Gasteiger partial charge in [0.05, 0.1) is 23.7 Å². The monoisotopic (exact) mass is 299 g/mol. The van der Waals surface area contributed by atoms with Gasteiger partial charge in [-0.15, -0.1) is 0 Å². The van der Waals surface area contributed by atoms with Crippen molar-refractivity contribution in [1.82, 2.24) is 9.97 Å². The molecule has 6 heteroatoms. The summed E-state index contributed by atoms with van der Waals surface area (Å²) in [7, 11) is 1.62. The zero-order chi connectivity index (χ0) is 14.7. The summed E-state index contributed by atoms with van der Waals surface area (Å²) in [6.07, 6.45) is 3.65. The molecular formula is C15H13N3O2S. The number of methoxy groups -OCH3 is 1. The molecule has 0 spiro atoms. The summed E-state index contributed by atoms with van der Waals surface area (Å²) in [5.74, 6) is 0.674. The van der Waals surface area contributed by atoms with Crippen LogP contribution in [0.5, 0.6) is 5.75 Å². The van der Waals surface area contributed by atoms with E-state index in [1.165, 1.54) is 11.3 Å². The van der Waals surface area contributed by atoms with E-state index >= 15 is 0 Å². The number of nitrogens with one attached hydrogen (secondary N) is 1. The second-order valence-electron chi connectivity index (χ2n) is 4.44. The first-order valence-electron chi connectivity index (χ1n) is 6.38. The van der Waals surface area contributed by atoms with E-state index in [-0.39, 0.29) is 12.3 Å². The first-order chi connectivity index (χ1) is 10.2. The van der Waals surface area contributed by atoms with Gasteiger partial charge in [-0.05, 0) is 29.8 Å². The molecule has 5 nitrogen and oxygen atoms in total. The smallest absolute Gasteiger partial charge is 0.230 e. The molecular weight excluding hydrogens is 286 g/mol. The van der Waals surface area contributed by atoms with Crippen molar-refractivity contribution in [2.45, 2.75) is 6.42 Å². The molecule has 2 heterocycles. The molecule has 0 bridgehead atoms. The van der Waals surface area contributed by atoms with E-state index < -0.39 is 0 Å². The van der Waals surface area contributed by atoms with Crippen LogP contribution in [0.4, 0.5) is 5.13 Å². The quantitative estimate of drug-likeness (QED) is 0.804. The van der Waals surface area contributed by atoms with E-state index in [0.717, 1.165) is 21.5 Å². The van der Waals surface area contributed by atoms with Gasteiger partial charge in [0.25, 0.3) is 0 Å². The molecule has 0 fully saturated rings. The zero-order valence-electron chi connectivity index (χ0n) is 11.4. The number of pyridine rings is 1. The van der Waals surface area contributed by atoms with Gasteiger partial charge in [0.1, 0.15) is 5.75 Å². The number of aromatic nitrogens is 2. The average Bonchev–Trinajstić information content (AvgIpc) is 2.89. The van der Waals surface area contributed by atoms with Gasteiger partial charge < -0.3 is 10.1 Å². The van der Waals surface area contributed by atoms with Crippen LogP contribution in [0.25, 0.3) is 10.2 Å². The maximum Gasteiger partial charge on any atom is 0.230 e. The lowest BCUT2D eigenvalue weighted by Gasteiger charge is -2.00. The summed E-state index contributed by atoms with van der Waals surface area (Å²) in [6.45, 7) is 0. The topological polar surface area (TPSA) is 64.1 Å². The summed E-state index contributed by atoms with van der Waals surface area (Å²) in [4.78, 5) is 20.4. The molecule has 0 aliphatic heterocycles. The van der Waals surface area contributed by atoms with Crippen LogP contribution in [-0.2, 0) is 11.2 Å².